The van der Waals surface area contributed by atoms with Gasteiger partial charge < -0.3 is 21.1 Å². The summed E-state index contributed by atoms with van der Waals surface area (Å²) in [5, 5.41) is 19.9. The second-order valence-corrected chi connectivity index (χ2v) is 24.9. The molecule has 3 aliphatic rings. The average Bonchev–Trinajstić information content (AvgIpc) is 1.97. The monoisotopic (exact) mass is 1260 g/mol. The van der Waals surface area contributed by atoms with Gasteiger partial charge in [0.2, 0.25) is 0 Å². The van der Waals surface area contributed by atoms with Crippen molar-refractivity contribution < 1.29 is 22.7 Å². The van der Waals surface area contributed by atoms with E-state index in [-0.39, 0.29) is 0 Å². The Morgan fingerprint density at radius 3 is 1.26 bits per heavy atom. The van der Waals surface area contributed by atoms with Crippen molar-refractivity contribution in [2.24, 2.45) is 0 Å². The number of aromatic hydroxyl groups is 1. The highest BCUT2D eigenvalue weighted by Gasteiger charge is 2.22. The first kappa shape index (κ1) is 67.7. The number of aryl methyl sites for hydroxylation is 6. The third kappa shape index (κ3) is 21.7. The first-order valence-corrected chi connectivity index (χ1v) is 33.1. The van der Waals surface area contributed by atoms with Gasteiger partial charge in [0.05, 0.1) is 17.1 Å². The fraction of sp³-hybridized carbons (Fsp3) is 0.368. The minimum Gasteiger partial charge on any atom is -0.508 e. The van der Waals surface area contributed by atoms with E-state index in [9.17, 15) is 22.7 Å². The minimum atomic E-state index is -0.539. The standard InChI is InChI=1S/C26H32N4O.2C25H28F2N4/c1-2-23-18-27-15-16-30(23)19-21-6-3-7-22(17-21)25-13-14-28-26(29-25)8-4-5-20-9-11-24(31)12-10-20;2*1-18-16-31(11-10-28-18)17-20-5-2-6-21(12-20)24-8-9-29-25(30-24)7-3-4-19-13-22(26)15-23(27)14-19/h3,6-7,9-14,17,23,27,31H,2,4-5,8,15-16,18-19H2,1H3;2*2,5-6,8-9,12-15,18,28H,3-4,7,10-11,16-17H2,1H3/t;2*18-/m.10/s1. The van der Waals surface area contributed by atoms with Gasteiger partial charge in [-0.3, -0.25) is 14.7 Å². The number of hydrogen-bond donors (Lipinski definition) is 4. The smallest absolute Gasteiger partial charge is 0.128 e. The van der Waals surface area contributed by atoms with Crippen LogP contribution in [0.4, 0.5) is 17.6 Å². The van der Waals surface area contributed by atoms with Gasteiger partial charge in [-0.05, 0) is 165 Å². The molecule has 0 saturated carbocycles. The van der Waals surface area contributed by atoms with Crippen LogP contribution in [-0.4, -0.2) is 127 Å². The molecule has 0 bridgehead atoms. The first-order valence-electron chi connectivity index (χ1n) is 33.1. The maximum absolute atomic E-state index is 13.3. The van der Waals surface area contributed by atoms with Gasteiger partial charge in [-0.15, -0.1) is 0 Å². The summed E-state index contributed by atoms with van der Waals surface area (Å²) in [5.74, 6) is 0.532. The number of aromatic nitrogens is 6. The van der Waals surface area contributed by atoms with Crippen molar-refractivity contribution in [2.75, 3.05) is 58.9 Å². The summed E-state index contributed by atoms with van der Waals surface area (Å²) < 4.78 is 53.4. The third-order valence-corrected chi connectivity index (χ3v) is 17.2. The number of nitrogens with one attached hydrogen (secondary N) is 3. The second-order valence-electron chi connectivity index (χ2n) is 24.9. The molecule has 12 rings (SSSR count). The van der Waals surface area contributed by atoms with Crippen molar-refractivity contribution in [1.82, 2.24) is 60.6 Å². The lowest BCUT2D eigenvalue weighted by Crippen LogP contribution is -2.50. The summed E-state index contributed by atoms with van der Waals surface area (Å²) in [6.07, 6.45) is 13.3. The number of hydrogen-bond acceptors (Lipinski definition) is 13. The second kappa shape index (κ2) is 34.7. The van der Waals surface area contributed by atoms with Gasteiger partial charge in [-0.2, -0.15) is 0 Å². The van der Waals surface area contributed by atoms with Crippen LogP contribution in [0.15, 0.2) is 170 Å². The molecular weight excluding hydrogens is 1170 g/mol. The lowest BCUT2D eigenvalue weighted by molar-refractivity contribution is 0.149. The van der Waals surface area contributed by atoms with Crippen LogP contribution >= 0.6 is 0 Å². The van der Waals surface area contributed by atoms with E-state index in [0.29, 0.717) is 60.7 Å². The zero-order chi connectivity index (χ0) is 64.7. The van der Waals surface area contributed by atoms with E-state index in [1.54, 1.807) is 24.5 Å². The lowest BCUT2D eigenvalue weighted by atomic mass is 10.0. The minimum absolute atomic E-state index is 0.309. The van der Waals surface area contributed by atoms with Gasteiger partial charge >= 0.3 is 0 Å². The predicted octanol–water partition coefficient (Wildman–Crippen LogP) is 13.0. The van der Waals surface area contributed by atoms with Crippen molar-refractivity contribution in [3.63, 3.8) is 0 Å². The Bertz CT molecular complexity index is 3600. The Morgan fingerprint density at radius 2 is 0.849 bits per heavy atom. The summed E-state index contributed by atoms with van der Waals surface area (Å²) in [6.45, 7) is 19.1. The Morgan fingerprint density at radius 1 is 0.441 bits per heavy atom. The van der Waals surface area contributed by atoms with Gasteiger partial charge in [0.15, 0.2) is 0 Å². The zero-order valence-corrected chi connectivity index (χ0v) is 53.9. The van der Waals surface area contributed by atoms with Crippen LogP contribution in [0, 0.1) is 23.3 Å². The number of rotatable bonds is 22. The number of phenols is 1. The molecule has 0 aliphatic carbocycles. The molecule has 9 aromatic rings. The van der Waals surface area contributed by atoms with Gasteiger partial charge in [-0.25, -0.2) is 47.5 Å². The maximum atomic E-state index is 13.3. The predicted molar refractivity (Wildman–Crippen MR) is 362 cm³/mol. The van der Waals surface area contributed by atoms with Crippen LogP contribution in [0.25, 0.3) is 33.8 Å². The number of phenolic OH excluding ortho intramolecular Hbond substituents is 1. The highest BCUT2D eigenvalue weighted by molar-refractivity contribution is 5.61. The normalized spacial score (nSPS) is 17.0. The van der Waals surface area contributed by atoms with Crippen molar-refractivity contribution >= 4 is 0 Å². The summed E-state index contributed by atoms with van der Waals surface area (Å²) in [7, 11) is 0. The molecule has 6 aromatic carbocycles. The quantitative estimate of drug-likeness (QED) is 0.0479. The number of benzene rings is 6. The summed E-state index contributed by atoms with van der Waals surface area (Å²) in [6, 6.07) is 48.1. The van der Waals surface area contributed by atoms with Gasteiger partial charge in [-0.1, -0.05) is 73.7 Å². The third-order valence-electron chi connectivity index (χ3n) is 17.2. The lowest BCUT2D eigenvalue weighted by Gasteiger charge is -2.35. The van der Waals surface area contributed by atoms with E-state index >= 15 is 0 Å². The summed E-state index contributed by atoms with van der Waals surface area (Å²) in [5.41, 5.74) is 12.5. The molecule has 0 amide bonds. The van der Waals surface area contributed by atoms with Crippen LogP contribution in [0.2, 0.25) is 0 Å². The van der Waals surface area contributed by atoms with Crippen molar-refractivity contribution in [1.29, 1.82) is 0 Å². The molecule has 4 N–H and O–H groups in total. The van der Waals surface area contributed by atoms with Crippen LogP contribution in [-0.2, 0) is 58.2 Å². The molecule has 17 heteroatoms. The number of piperazine rings is 3. The van der Waals surface area contributed by atoms with E-state index in [1.807, 2.05) is 36.5 Å². The molecule has 0 spiro atoms. The number of nitrogens with zero attached hydrogens (tertiary/aromatic N) is 9. The SMILES string of the molecule is CCC1CNCCN1Cc1cccc(-c2ccnc(CCCc3ccc(O)cc3)n2)c1.C[C@@H]1CN(Cc2cccc(-c3ccnc(CCCc4cc(F)cc(F)c4)n3)c2)CCN1.C[C@H]1CN(Cc2cccc(-c3ccnc(CCCc4cc(F)cc(F)c4)n3)c2)CCN1. The van der Waals surface area contributed by atoms with Crippen LogP contribution in [0.5, 0.6) is 5.75 Å². The molecule has 3 atom stereocenters. The van der Waals surface area contributed by atoms with Gasteiger partial charge in [0.25, 0.3) is 0 Å². The highest BCUT2D eigenvalue weighted by atomic mass is 19.1. The van der Waals surface area contributed by atoms with Crippen LogP contribution < -0.4 is 16.0 Å². The molecule has 486 valence electrons. The Labute approximate surface area is 546 Å². The Hall–Kier alpha value is -8.16. The maximum Gasteiger partial charge on any atom is 0.128 e. The fourth-order valence-electron chi connectivity index (χ4n) is 12.5. The fourth-order valence-corrected chi connectivity index (χ4v) is 12.5. The molecule has 3 saturated heterocycles. The van der Waals surface area contributed by atoms with E-state index in [2.05, 4.69) is 139 Å². The average molecular weight is 1260 g/mol. The summed E-state index contributed by atoms with van der Waals surface area (Å²) in [4.78, 5) is 35.1. The van der Waals surface area contributed by atoms with Crippen molar-refractivity contribution in [3.05, 3.63) is 244 Å². The summed E-state index contributed by atoms with van der Waals surface area (Å²) >= 11 is 0. The molecule has 3 fully saturated rings. The zero-order valence-electron chi connectivity index (χ0n) is 53.9. The van der Waals surface area contributed by atoms with E-state index in [0.717, 1.165) is 174 Å². The van der Waals surface area contributed by atoms with Crippen LogP contribution in [0.3, 0.4) is 0 Å². The number of halogens is 4. The topological polar surface area (TPSA) is 143 Å². The molecule has 6 heterocycles. The van der Waals surface area contributed by atoms with Crippen molar-refractivity contribution in [2.45, 2.75) is 123 Å². The molecule has 13 nitrogen and oxygen atoms in total. The van der Waals surface area contributed by atoms with E-state index < -0.39 is 23.3 Å². The molecule has 1 unspecified atom stereocenters. The van der Waals surface area contributed by atoms with Crippen LogP contribution in [0.1, 0.15) is 97.3 Å². The molecular formula is C76H88F4N12O. The Kier molecular flexibility index (Phi) is 25.2. The molecule has 3 aliphatic heterocycles. The van der Waals surface area contributed by atoms with Gasteiger partial charge in [0, 0.05) is 163 Å². The molecule has 0 radical (unpaired) electrons. The molecule has 93 heavy (non-hydrogen) atoms. The first-order chi connectivity index (χ1) is 45.3. The highest BCUT2D eigenvalue weighted by Crippen LogP contribution is 2.25. The van der Waals surface area contributed by atoms with Gasteiger partial charge in [0.1, 0.15) is 46.5 Å². The molecule has 3 aromatic heterocycles. The van der Waals surface area contributed by atoms with E-state index in [4.69, 9.17) is 15.0 Å². The van der Waals surface area contributed by atoms with Crippen molar-refractivity contribution in [3.8, 4) is 39.5 Å². The Balaban J connectivity index is 0.000000153. The van der Waals surface area contributed by atoms with E-state index in [1.165, 1.54) is 52.9 Å². The largest absolute Gasteiger partial charge is 0.508 e.